The number of hydrogen-bond acceptors (Lipinski definition) is 2. The summed E-state index contributed by atoms with van der Waals surface area (Å²) in [4.78, 5) is 24.0. The molecule has 1 aromatic heterocycles. The summed E-state index contributed by atoms with van der Waals surface area (Å²) in [6.45, 7) is 3.94. The van der Waals surface area contributed by atoms with Gasteiger partial charge in [0, 0.05) is 6.54 Å². The molecule has 0 fully saturated rings. The van der Waals surface area contributed by atoms with Crippen molar-refractivity contribution in [1.29, 1.82) is 0 Å². The zero-order valence-electron chi connectivity index (χ0n) is 13.2. The molecule has 0 atom stereocenters. The molecule has 2 aromatic rings. The maximum absolute atomic E-state index is 12.5. The number of aromatic nitrogens is 1. The second-order valence-electron chi connectivity index (χ2n) is 5.93. The van der Waals surface area contributed by atoms with E-state index in [0.717, 1.165) is 24.1 Å². The third kappa shape index (κ3) is 2.52. The number of nitrogens with zero attached hydrogens (tertiary/aromatic N) is 1. The fourth-order valence-electron chi connectivity index (χ4n) is 3.31. The van der Waals surface area contributed by atoms with Gasteiger partial charge in [-0.05, 0) is 74.4 Å². The van der Waals surface area contributed by atoms with Gasteiger partial charge in [-0.2, -0.15) is 0 Å². The molecule has 0 unspecified atom stereocenters. The molecule has 0 spiro atoms. The fourth-order valence-corrected chi connectivity index (χ4v) is 3.31. The first-order valence-electron chi connectivity index (χ1n) is 7.98. The second kappa shape index (κ2) is 5.91. The van der Waals surface area contributed by atoms with Crippen LogP contribution in [0.3, 0.4) is 0 Å². The summed E-state index contributed by atoms with van der Waals surface area (Å²) in [7, 11) is 0. The number of Topliss-reactive ketones (excluding diaryl/α,β-unsaturated/α-hetero) is 1. The van der Waals surface area contributed by atoms with Gasteiger partial charge in [0.05, 0.1) is 11.3 Å². The number of hydrogen-bond donors (Lipinski definition) is 0. The summed E-state index contributed by atoms with van der Waals surface area (Å²) in [6.07, 6.45) is 4.77. The quantitative estimate of drug-likeness (QED) is 0.811. The highest BCUT2D eigenvalue weighted by atomic mass is 16.1. The van der Waals surface area contributed by atoms with Gasteiger partial charge in [0.25, 0.3) is 5.56 Å². The minimum absolute atomic E-state index is 0.177. The molecule has 0 saturated carbocycles. The van der Waals surface area contributed by atoms with Crippen LogP contribution in [-0.2, 0) is 19.4 Å². The van der Waals surface area contributed by atoms with Crippen LogP contribution in [0.15, 0.2) is 35.1 Å². The lowest BCUT2D eigenvalue weighted by Gasteiger charge is -2.18. The molecule has 1 aromatic carbocycles. The Bertz CT molecular complexity index is 787. The number of pyridine rings is 1. The first-order chi connectivity index (χ1) is 10.6. The SMILES string of the molecule is CCn1c(-c2ccc3c(c2)CCCC3)ccc(C(C)=O)c1=O. The number of fused-ring (bicyclic) bond motifs is 1. The van der Waals surface area contributed by atoms with E-state index >= 15 is 0 Å². The van der Waals surface area contributed by atoms with Crippen molar-refractivity contribution in [1.82, 2.24) is 4.57 Å². The van der Waals surface area contributed by atoms with E-state index in [2.05, 4.69) is 18.2 Å². The molecule has 0 N–H and O–H groups in total. The van der Waals surface area contributed by atoms with E-state index in [1.165, 1.54) is 30.9 Å². The van der Waals surface area contributed by atoms with Gasteiger partial charge in [0.15, 0.2) is 5.78 Å². The molecule has 22 heavy (non-hydrogen) atoms. The lowest BCUT2D eigenvalue weighted by atomic mass is 9.90. The lowest BCUT2D eigenvalue weighted by Crippen LogP contribution is -2.26. The van der Waals surface area contributed by atoms with Gasteiger partial charge in [-0.1, -0.05) is 12.1 Å². The molecular formula is C19H21NO2. The van der Waals surface area contributed by atoms with Gasteiger partial charge in [-0.3, -0.25) is 9.59 Å². The molecule has 3 heteroatoms. The number of rotatable bonds is 3. The molecule has 1 aliphatic rings. The maximum Gasteiger partial charge on any atom is 0.261 e. The van der Waals surface area contributed by atoms with Crippen LogP contribution in [0.4, 0.5) is 0 Å². The third-order valence-electron chi connectivity index (χ3n) is 4.51. The third-order valence-corrected chi connectivity index (χ3v) is 4.51. The van der Waals surface area contributed by atoms with E-state index in [4.69, 9.17) is 0 Å². The van der Waals surface area contributed by atoms with E-state index < -0.39 is 0 Å². The molecule has 0 bridgehead atoms. The standard InChI is InChI=1S/C19H21NO2/c1-3-20-18(11-10-17(13(2)21)19(20)22)16-9-8-14-6-4-5-7-15(14)12-16/h8-12H,3-7H2,1-2H3. The Morgan fingerprint density at radius 1 is 1.09 bits per heavy atom. The Hall–Kier alpha value is -2.16. The maximum atomic E-state index is 12.5. The Morgan fingerprint density at radius 3 is 2.50 bits per heavy atom. The summed E-state index contributed by atoms with van der Waals surface area (Å²) >= 11 is 0. The van der Waals surface area contributed by atoms with Crippen molar-refractivity contribution in [2.45, 2.75) is 46.1 Å². The minimum Gasteiger partial charge on any atom is -0.308 e. The highest BCUT2D eigenvalue weighted by Gasteiger charge is 2.14. The molecule has 1 heterocycles. The van der Waals surface area contributed by atoms with Crippen molar-refractivity contribution in [3.05, 3.63) is 57.4 Å². The van der Waals surface area contributed by atoms with Crippen LogP contribution < -0.4 is 5.56 Å². The minimum atomic E-state index is -0.190. The van der Waals surface area contributed by atoms with Crippen LogP contribution >= 0.6 is 0 Å². The summed E-state index contributed by atoms with van der Waals surface area (Å²) in [5.74, 6) is -0.177. The first-order valence-corrected chi connectivity index (χ1v) is 7.98. The average molecular weight is 295 g/mol. The summed E-state index contributed by atoms with van der Waals surface area (Å²) in [5, 5.41) is 0. The average Bonchev–Trinajstić information content (AvgIpc) is 2.53. The molecule has 3 nitrogen and oxygen atoms in total. The zero-order valence-corrected chi connectivity index (χ0v) is 13.2. The van der Waals surface area contributed by atoms with Crippen molar-refractivity contribution in [2.24, 2.45) is 0 Å². The number of carbonyl (C=O) groups excluding carboxylic acids is 1. The first kappa shape index (κ1) is 14.8. The van der Waals surface area contributed by atoms with Gasteiger partial charge < -0.3 is 4.57 Å². The van der Waals surface area contributed by atoms with Crippen LogP contribution in [0.1, 0.15) is 48.2 Å². The van der Waals surface area contributed by atoms with Crippen LogP contribution in [0.2, 0.25) is 0 Å². The fraction of sp³-hybridized carbons (Fsp3) is 0.368. The largest absolute Gasteiger partial charge is 0.308 e. The predicted octanol–water partition coefficient (Wildman–Crippen LogP) is 3.62. The number of carbonyl (C=O) groups is 1. The Labute approximate surface area is 130 Å². The zero-order chi connectivity index (χ0) is 15.7. The highest BCUT2D eigenvalue weighted by molar-refractivity contribution is 5.94. The van der Waals surface area contributed by atoms with Crippen molar-refractivity contribution in [3.8, 4) is 11.3 Å². The van der Waals surface area contributed by atoms with Gasteiger partial charge in [-0.25, -0.2) is 0 Å². The van der Waals surface area contributed by atoms with Gasteiger partial charge in [0.1, 0.15) is 0 Å². The smallest absolute Gasteiger partial charge is 0.261 e. The van der Waals surface area contributed by atoms with E-state index in [1.807, 2.05) is 13.0 Å². The van der Waals surface area contributed by atoms with Crippen molar-refractivity contribution in [3.63, 3.8) is 0 Å². The van der Waals surface area contributed by atoms with Crippen molar-refractivity contribution >= 4 is 5.78 Å². The molecule has 3 rings (SSSR count). The van der Waals surface area contributed by atoms with E-state index in [9.17, 15) is 9.59 Å². The van der Waals surface area contributed by atoms with Crippen LogP contribution in [0.5, 0.6) is 0 Å². The number of benzene rings is 1. The molecule has 0 saturated heterocycles. The normalized spacial score (nSPS) is 13.7. The topological polar surface area (TPSA) is 39.1 Å². The van der Waals surface area contributed by atoms with Crippen LogP contribution in [0, 0.1) is 0 Å². The molecule has 1 aliphatic carbocycles. The Morgan fingerprint density at radius 2 is 1.82 bits per heavy atom. The van der Waals surface area contributed by atoms with E-state index in [0.29, 0.717) is 6.54 Å². The number of ketones is 1. The van der Waals surface area contributed by atoms with Crippen LogP contribution in [0.25, 0.3) is 11.3 Å². The predicted molar refractivity (Wildman–Crippen MR) is 88.5 cm³/mol. The van der Waals surface area contributed by atoms with Crippen molar-refractivity contribution < 1.29 is 4.79 Å². The summed E-state index contributed by atoms with van der Waals surface area (Å²) in [5.41, 5.74) is 4.87. The lowest BCUT2D eigenvalue weighted by molar-refractivity contribution is 0.101. The van der Waals surface area contributed by atoms with Gasteiger partial charge in [0.2, 0.25) is 0 Å². The molecule has 0 radical (unpaired) electrons. The summed E-state index contributed by atoms with van der Waals surface area (Å²) < 4.78 is 1.70. The monoisotopic (exact) mass is 295 g/mol. The molecule has 114 valence electrons. The highest BCUT2D eigenvalue weighted by Crippen LogP contribution is 2.27. The van der Waals surface area contributed by atoms with Crippen molar-refractivity contribution in [2.75, 3.05) is 0 Å². The second-order valence-corrected chi connectivity index (χ2v) is 5.93. The molecule has 0 aliphatic heterocycles. The van der Waals surface area contributed by atoms with E-state index in [-0.39, 0.29) is 16.9 Å². The molecular weight excluding hydrogens is 274 g/mol. The Kier molecular flexibility index (Phi) is 3.97. The van der Waals surface area contributed by atoms with Crippen LogP contribution in [-0.4, -0.2) is 10.4 Å². The molecule has 0 amide bonds. The Balaban J connectivity index is 2.14. The van der Waals surface area contributed by atoms with E-state index in [1.54, 1.807) is 10.6 Å². The summed E-state index contributed by atoms with van der Waals surface area (Å²) in [6, 6.07) is 10.0. The van der Waals surface area contributed by atoms with Gasteiger partial charge in [-0.15, -0.1) is 0 Å². The van der Waals surface area contributed by atoms with Gasteiger partial charge >= 0.3 is 0 Å². The number of aryl methyl sites for hydroxylation is 2.